The zero-order valence-corrected chi connectivity index (χ0v) is 10.7. The molecule has 3 unspecified atom stereocenters. The van der Waals surface area contributed by atoms with Gasteiger partial charge in [-0.05, 0) is 17.8 Å². The fourth-order valence-electron chi connectivity index (χ4n) is 2.02. The van der Waals surface area contributed by atoms with E-state index >= 15 is 0 Å². The van der Waals surface area contributed by atoms with Crippen molar-refractivity contribution in [1.29, 1.82) is 0 Å². The molecule has 0 heterocycles. The van der Waals surface area contributed by atoms with Crippen LogP contribution in [0.4, 0.5) is 0 Å². The summed E-state index contributed by atoms with van der Waals surface area (Å²) in [6, 6.07) is 0. The quantitative estimate of drug-likeness (QED) is 0.475. The lowest BCUT2D eigenvalue weighted by molar-refractivity contribution is 0.255. The van der Waals surface area contributed by atoms with Gasteiger partial charge < -0.3 is 0 Å². The highest BCUT2D eigenvalue weighted by molar-refractivity contribution is 4.67. The van der Waals surface area contributed by atoms with Crippen LogP contribution < -0.4 is 0 Å². The first-order valence-corrected chi connectivity index (χ1v) is 6.42. The molecular formula is C14H29. The Morgan fingerprint density at radius 3 is 2.07 bits per heavy atom. The van der Waals surface area contributed by atoms with Crippen LogP contribution in [0.25, 0.3) is 0 Å². The van der Waals surface area contributed by atoms with Gasteiger partial charge in [-0.15, -0.1) is 0 Å². The van der Waals surface area contributed by atoms with Crippen molar-refractivity contribution in [2.45, 2.75) is 66.2 Å². The molecule has 0 amide bonds. The molecule has 0 saturated heterocycles. The van der Waals surface area contributed by atoms with E-state index in [1.807, 2.05) is 0 Å². The second-order valence-electron chi connectivity index (χ2n) is 4.92. The first-order valence-electron chi connectivity index (χ1n) is 6.42. The minimum atomic E-state index is 0.887. The van der Waals surface area contributed by atoms with Gasteiger partial charge in [0.25, 0.3) is 0 Å². The molecule has 0 saturated carbocycles. The van der Waals surface area contributed by atoms with E-state index in [0.717, 1.165) is 24.2 Å². The molecule has 14 heavy (non-hydrogen) atoms. The molecule has 0 aliphatic rings. The molecule has 1 radical (unpaired) electrons. The second kappa shape index (κ2) is 8.32. The Bertz CT molecular complexity index is 117. The molecule has 0 spiro atoms. The predicted molar refractivity (Wildman–Crippen MR) is 66.2 cm³/mol. The molecule has 0 bridgehead atoms. The molecule has 0 rings (SSSR count). The third-order valence-electron chi connectivity index (χ3n) is 3.85. The van der Waals surface area contributed by atoms with Gasteiger partial charge in [-0.3, -0.25) is 0 Å². The lowest BCUT2D eigenvalue weighted by Crippen LogP contribution is -2.15. The van der Waals surface area contributed by atoms with Crippen LogP contribution in [0, 0.1) is 24.7 Å². The molecule has 3 atom stereocenters. The van der Waals surface area contributed by atoms with Gasteiger partial charge in [0, 0.05) is 0 Å². The van der Waals surface area contributed by atoms with Crippen molar-refractivity contribution < 1.29 is 0 Å². The highest BCUT2D eigenvalue weighted by Crippen LogP contribution is 2.26. The summed E-state index contributed by atoms with van der Waals surface area (Å²) < 4.78 is 0. The van der Waals surface area contributed by atoms with Crippen LogP contribution >= 0.6 is 0 Å². The highest BCUT2D eigenvalue weighted by Gasteiger charge is 2.16. The molecule has 0 N–H and O–H groups in total. The lowest BCUT2D eigenvalue weighted by atomic mass is 9.81. The van der Waals surface area contributed by atoms with Crippen LogP contribution in [0.5, 0.6) is 0 Å². The molecule has 0 aliphatic carbocycles. The van der Waals surface area contributed by atoms with Crippen molar-refractivity contribution in [2.75, 3.05) is 0 Å². The van der Waals surface area contributed by atoms with E-state index < -0.39 is 0 Å². The maximum atomic E-state index is 3.88. The molecule has 0 fully saturated rings. The molecular weight excluding hydrogens is 168 g/mol. The van der Waals surface area contributed by atoms with Gasteiger partial charge in [0.05, 0.1) is 0 Å². The topological polar surface area (TPSA) is 0 Å². The Kier molecular flexibility index (Phi) is 8.32. The molecule has 0 aromatic heterocycles. The SMILES string of the molecule is [CH2]CCCCCC(C)C(C)C(C)CC. The summed E-state index contributed by atoms with van der Waals surface area (Å²) in [5, 5.41) is 0. The summed E-state index contributed by atoms with van der Waals surface area (Å²) >= 11 is 0. The van der Waals surface area contributed by atoms with E-state index in [2.05, 4.69) is 34.6 Å². The summed E-state index contributed by atoms with van der Waals surface area (Å²) in [5.41, 5.74) is 0. The van der Waals surface area contributed by atoms with Crippen LogP contribution in [-0.2, 0) is 0 Å². The van der Waals surface area contributed by atoms with Gasteiger partial charge in [-0.2, -0.15) is 0 Å². The van der Waals surface area contributed by atoms with Gasteiger partial charge in [0.1, 0.15) is 0 Å². The van der Waals surface area contributed by atoms with Gasteiger partial charge in [0.2, 0.25) is 0 Å². The fourth-order valence-corrected chi connectivity index (χ4v) is 2.02. The Morgan fingerprint density at radius 2 is 1.57 bits per heavy atom. The maximum Gasteiger partial charge on any atom is -0.0391 e. The third kappa shape index (κ3) is 5.67. The minimum absolute atomic E-state index is 0.887. The first kappa shape index (κ1) is 14.0. The molecule has 0 aromatic rings. The van der Waals surface area contributed by atoms with Gasteiger partial charge >= 0.3 is 0 Å². The standard InChI is InChI=1S/C14H29/c1-6-8-9-10-11-13(4)14(5)12(3)7-2/h12-14H,1,6-11H2,2-5H3. The molecule has 0 nitrogen and oxygen atoms in total. The monoisotopic (exact) mass is 197 g/mol. The van der Waals surface area contributed by atoms with Crippen molar-refractivity contribution in [3.05, 3.63) is 6.92 Å². The Labute approximate surface area is 91.5 Å². The Morgan fingerprint density at radius 1 is 0.929 bits per heavy atom. The summed E-state index contributed by atoms with van der Waals surface area (Å²) in [6.07, 6.45) is 7.92. The van der Waals surface area contributed by atoms with Crippen molar-refractivity contribution >= 4 is 0 Å². The number of hydrogen-bond donors (Lipinski definition) is 0. The van der Waals surface area contributed by atoms with Gasteiger partial charge in [0.15, 0.2) is 0 Å². The lowest BCUT2D eigenvalue weighted by Gasteiger charge is -2.25. The predicted octanol–water partition coefficient (Wildman–Crippen LogP) is 5.09. The highest BCUT2D eigenvalue weighted by atomic mass is 14.2. The fraction of sp³-hybridized carbons (Fsp3) is 0.929. The zero-order valence-electron chi connectivity index (χ0n) is 10.7. The van der Waals surface area contributed by atoms with E-state index in [0.29, 0.717) is 0 Å². The summed E-state index contributed by atoms with van der Waals surface area (Å²) in [6.45, 7) is 13.4. The van der Waals surface area contributed by atoms with Crippen LogP contribution in [0.15, 0.2) is 0 Å². The Balaban J connectivity index is 3.56. The molecule has 0 aliphatic heterocycles. The number of hydrogen-bond acceptors (Lipinski definition) is 0. The smallest absolute Gasteiger partial charge is 0.0391 e. The van der Waals surface area contributed by atoms with E-state index in [1.54, 1.807) is 0 Å². The average Bonchev–Trinajstić information content (AvgIpc) is 2.21. The largest absolute Gasteiger partial charge is 0.0651 e. The van der Waals surface area contributed by atoms with E-state index in [9.17, 15) is 0 Å². The summed E-state index contributed by atoms with van der Waals surface area (Å²) in [5.74, 6) is 2.67. The zero-order chi connectivity index (χ0) is 11.0. The van der Waals surface area contributed by atoms with Crippen LogP contribution in [0.2, 0.25) is 0 Å². The Hall–Kier alpha value is 0. The van der Waals surface area contributed by atoms with E-state index in [1.165, 1.54) is 32.1 Å². The van der Waals surface area contributed by atoms with Crippen LogP contribution in [-0.4, -0.2) is 0 Å². The van der Waals surface area contributed by atoms with Crippen molar-refractivity contribution in [1.82, 2.24) is 0 Å². The molecule has 0 aromatic carbocycles. The van der Waals surface area contributed by atoms with Crippen molar-refractivity contribution in [2.24, 2.45) is 17.8 Å². The number of unbranched alkanes of at least 4 members (excludes halogenated alkanes) is 3. The average molecular weight is 197 g/mol. The van der Waals surface area contributed by atoms with E-state index in [-0.39, 0.29) is 0 Å². The minimum Gasteiger partial charge on any atom is -0.0651 e. The molecule has 0 heteroatoms. The normalized spacial score (nSPS) is 17.8. The molecule has 85 valence electrons. The summed E-state index contributed by atoms with van der Waals surface area (Å²) in [4.78, 5) is 0. The first-order chi connectivity index (χ1) is 6.63. The van der Waals surface area contributed by atoms with Gasteiger partial charge in [-0.1, -0.05) is 73.1 Å². The maximum absolute atomic E-state index is 3.88. The number of rotatable bonds is 8. The van der Waals surface area contributed by atoms with Crippen LogP contribution in [0.1, 0.15) is 66.2 Å². The van der Waals surface area contributed by atoms with Crippen molar-refractivity contribution in [3.63, 3.8) is 0 Å². The third-order valence-corrected chi connectivity index (χ3v) is 3.85. The van der Waals surface area contributed by atoms with Crippen LogP contribution in [0.3, 0.4) is 0 Å². The summed E-state index contributed by atoms with van der Waals surface area (Å²) in [7, 11) is 0. The van der Waals surface area contributed by atoms with Crippen molar-refractivity contribution in [3.8, 4) is 0 Å². The van der Waals surface area contributed by atoms with E-state index in [4.69, 9.17) is 0 Å². The second-order valence-corrected chi connectivity index (χ2v) is 4.92. The van der Waals surface area contributed by atoms with Gasteiger partial charge in [-0.25, -0.2) is 0 Å².